The van der Waals surface area contributed by atoms with Crippen LogP contribution in [-0.4, -0.2) is 31.9 Å². The van der Waals surface area contributed by atoms with Gasteiger partial charge in [-0.05, 0) is 12.1 Å². The zero-order chi connectivity index (χ0) is 13.1. The molecule has 0 aliphatic carbocycles. The van der Waals surface area contributed by atoms with Gasteiger partial charge in [-0.1, -0.05) is 12.1 Å². The molecule has 0 radical (unpaired) electrons. The first-order chi connectivity index (χ1) is 7.84. The van der Waals surface area contributed by atoms with Crippen LogP contribution in [0.5, 0.6) is 0 Å². The number of amides is 1. The highest BCUT2D eigenvalue weighted by molar-refractivity contribution is 7.89. The van der Waals surface area contributed by atoms with E-state index in [4.69, 9.17) is 10.8 Å². The fourth-order valence-corrected chi connectivity index (χ4v) is 2.31. The monoisotopic (exact) mass is 258 g/mol. The van der Waals surface area contributed by atoms with E-state index in [0.717, 1.165) is 12.1 Å². The van der Waals surface area contributed by atoms with Gasteiger partial charge < -0.3 is 10.8 Å². The van der Waals surface area contributed by atoms with Crippen molar-refractivity contribution < 1.29 is 23.1 Å². The lowest BCUT2D eigenvalue weighted by Crippen LogP contribution is -2.34. The van der Waals surface area contributed by atoms with Crippen LogP contribution in [0, 0.1) is 0 Å². The number of benzene rings is 1. The van der Waals surface area contributed by atoms with Crippen LogP contribution in [0.1, 0.15) is 10.4 Å². The van der Waals surface area contributed by atoms with Crippen molar-refractivity contribution in [3.05, 3.63) is 29.8 Å². The Hall–Kier alpha value is -1.93. The minimum absolute atomic E-state index is 0.371. The number of carboxylic acid groups (broad SMARTS) is 1. The lowest BCUT2D eigenvalue weighted by atomic mass is 10.2. The van der Waals surface area contributed by atoms with Crippen molar-refractivity contribution in [2.45, 2.75) is 4.90 Å². The predicted molar refractivity (Wildman–Crippen MR) is 57.8 cm³/mol. The van der Waals surface area contributed by atoms with Crippen molar-refractivity contribution >= 4 is 21.9 Å². The van der Waals surface area contributed by atoms with E-state index in [-0.39, 0.29) is 5.56 Å². The molecule has 0 aliphatic heterocycles. The van der Waals surface area contributed by atoms with Crippen LogP contribution >= 0.6 is 0 Å². The number of hydrogen-bond donors (Lipinski definition) is 3. The summed E-state index contributed by atoms with van der Waals surface area (Å²) in [4.78, 5) is 20.9. The average molecular weight is 258 g/mol. The predicted octanol–water partition coefficient (Wildman–Crippen LogP) is -0.852. The Morgan fingerprint density at radius 3 is 2.41 bits per heavy atom. The fourth-order valence-electron chi connectivity index (χ4n) is 1.12. The minimum Gasteiger partial charge on any atom is -0.478 e. The first kappa shape index (κ1) is 13.1. The standard InChI is InChI=1S/C9H10N2O5S/c10-8(12)5-11-17(15,16)7-4-2-1-3-6(7)9(13)14/h1-4,11H,5H2,(H2,10,12)(H,13,14). The van der Waals surface area contributed by atoms with E-state index in [9.17, 15) is 18.0 Å². The Morgan fingerprint density at radius 2 is 1.88 bits per heavy atom. The Morgan fingerprint density at radius 1 is 1.29 bits per heavy atom. The molecule has 1 aromatic carbocycles. The number of hydrogen-bond acceptors (Lipinski definition) is 4. The maximum absolute atomic E-state index is 11.7. The van der Waals surface area contributed by atoms with E-state index >= 15 is 0 Å². The van der Waals surface area contributed by atoms with E-state index < -0.39 is 33.3 Å². The minimum atomic E-state index is -4.06. The Balaban J connectivity index is 3.15. The van der Waals surface area contributed by atoms with E-state index in [1.807, 2.05) is 4.72 Å². The number of rotatable bonds is 5. The summed E-state index contributed by atoms with van der Waals surface area (Å²) in [6, 6.07) is 5.07. The van der Waals surface area contributed by atoms with Gasteiger partial charge in [0.2, 0.25) is 15.9 Å². The van der Waals surface area contributed by atoms with Crippen LogP contribution in [0.3, 0.4) is 0 Å². The Labute approximate surface area is 97.3 Å². The van der Waals surface area contributed by atoms with Crippen molar-refractivity contribution in [1.82, 2.24) is 4.72 Å². The van der Waals surface area contributed by atoms with Gasteiger partial charge in [0.25, 0.3) is 0 Å². The van der Waals surface area contributed by atoms with Gasteiger partial charge in [0, 0.05) is 0 Å². The smallest absolute Gasteiger partial charge is 0.337 e. The largest absolute Gasteiger partial charge is 0.478 e. The molecule has 0 bridgehead atoms. The van der Waals surface area contributed by atoms with Crippen LogP contribution in [0.25, 0.3) is 0 Å². The molecule has 92 valence electrons. The molecule has 0 aromatic heterocycles. The topological polar surface area (TPSA) is 127 Å². The quantitative estimate of drug-likeness (QED) is 0.634. The normalized spacial score (nSPS) is 11.1. The second-order valence-electron chi connectivity index (χ2n) is 3.09. The van der Waals surface area contributed by atoms with E-state index in [0.29, 0.717) is 0 Å². The highest BCUT2D eigenvalue weighted by Gasteiger charge is 2.21. The van der Waals surface area contributed by atoms with Crippen LogP contribution in [0.4, 0.5) is 0 Å². The summed E-state index contributed by atoms with van der Waals surface area (Å²) in [5.74, 6) is -2.23. The Kier molecular flexibility index (Phi) is 3.81. The lowest BCUT2D eigenvalue weighted by molar-refractivity contribution is -0.116. The van der Waals surface area contributed by atoms with Crippen molar-refractivity contribution in [3.63, 3.8) is 0 Å². The van der Waals surface area contributed by atoms with Crippen LogP contribution in [0.15, 0.2) is 29.2 Å². The van der Waals surface area contributed by atoms with Crippen molar-refractivity contribution in [1.29, 1.82) is 0 Å². The number of nitrogens with one attached hydrogen (secondary N) is 1. The summed E-state index contributed by atoms with van der Waals surface area (Å²) in [7, 11) is -4.06. The number of carboxylic acids is 1. The highest BCUT2D eigenvalue weighted by Crippen LogP contribution is 2.14. The molecule has 1 rings (SSSR count). The molecule has 0 spiro atoms. The van der Waals surface area contributed by atoms with Gasteiger partial charge in [0.15, 0.2) is 0 Å². The summed E-state index contributed by atoms with van der Waals surface area (Å²) in [5, 5.41) is 8.82. The fraction of sp³-hybridized carbons (Fsp3) is 0.111. The molecular weight excluding hydrogens is 248 g/mol. The van der Waals surface area contributed by atoms with Crippen molar-refractivity contribution in [3.8, 4) is 0 Å². The van der Waals surface area contributed by atoms with Crippen LogP contribution in [-0.2, 0) is 14.8 Å². The number of sulfonamides is 1. The number of carbonyl (C=O) groups excluding carboxylic acids is 1. The number of carbonyl (C=O) groups is 2. The van der Waals surface area contributed by atoms with E-state index in [1.54, 1.807) is 0 Å². The number of nitrogens with two attached hydrogens (primary N) is 1. The van der Waals surface area contributed by atoms with E-state index in [2.05, 4.69) is 0 Å². The first-order valence-electron chi connectivity index (χ1n) is 4.45. The lowest BCUT2D eigenvalue weighted by Gasteiger charge is -2.07. The van der Waals surface area contributed by atoms with Crippen LogP contribution in [0.2, 0.25) is 0 Å². The molecule has 4 N–H and O–H groups in total. The molecule has 0 atom stereocenters. The summed E-state index contributed by atoms with van der Waals surface area (Å²) >= 11 is 0. The molecule has 1 amide bonds. The maximum atomic E-state index is 11.7. The third-order valence-corrected chi connectivity index (χ3v) is 3.30. The van der Waals surface area contributed by atoms with Gasteiger partial charge in [-0.3, -0.25) is 4.79 Å². The molecule has 17 heavy (non-hydrogen) atoms. The van der Waals surface area contributed by atoms with Gasteiger partial charge in [0.05, 0.1) is 17.0 Å². The molecule has 7 nitrogen and oxygen atoms in total. The molecule has 0 aliphatic rings. The zero-order valence-electron chi connectivity index (χ0n) is 8.58. The van der Waals surface area contributed by atoms with Gasteiger partial charge in [0.1, 0.15) is 0 Å². The number of primary amides is 1. The number of aromatic carboxylic acids is 1. The second kappa shape index (κ2) is 4.93. The highest BCUT2D eigenvalue weighted by atomic mass is 32.2. The summed E-state index contributed by atoms with van der Waals surface area (Å²) < 4.78 is 25.3. The molecule has 0 unspecified atom stereocenters. The zero-order valence-corrected chi connectivity index (χ0v) is 9.40. The third-order valence-electron chi connectivity index (χ3n) is 1.84. The second-order valence-corrected chi connectivity index (χ2v) is 4.83. The molecule has 0 heterocycles. The first-order valence-corrected chi connectivity index (χ1v) is 5.93. The Bertz CT molecular complexity index is 552. The summed E-state index contributed by atoms with van der Waals surface area (Å²) in [6.07, 6.45) is 0. The van der Waals surface area contributed by atoms with Gasteiger partial charge >= 0.3 is 5.97 Å². The maximum Gasteiger partial charge on any atom is 0.337 e. The van der Waals surface area contributed by atoms with E-state index in [1.165, 1.54) is 12.1 Å². The van der Waals surface area contributed by atoms with Gasteiger partial charge in [-0.15, -0.1) is 0 Å². The van der Waals surface area contributed by atoms with Crippen LogP contribution < -0.4 is 10.5 Å². The summed E-state index contributed by atoms with van der Waals surface area (Å²) in [6.45, 7) is -0.587. The molecule has 0 saturated heterocycles. The molecule has 1 aromatic rings. The van der Waals surface area contributed by atoms with Crippen molar-refractivity contribution in [2.75, 3.05) is 6.54 Å². The van der Waals surface area contributed by atoms with Gasteiger partial charge in [-0.2, -0.15) is 0 Å². The average Bonchev–Trinajstić information content (AvgIpc) is 2.26. The molecule has 0 fully saturated rings. The molecule has 0 saturated carbocycles. The van der Waals surface area contributed by atoms with Gasteiger partial charge in [-0.25, -0.2) is 17.9 Å². The third kappa shape index (κ3) is 3.26. The summed E-state index contributed by atoms with van der Waals surface area (Å²) in [5.41, 5.74) is 4.42. The SMILES string of the molecule is NC(=O)CNS(=O)(=O)c1ccccc1C(=O)O. The molecular formula is C9H10N2O5S. The molecule has 8 heteroatoms. The van der Waals surface area contributed by atoms with Crippen molar-refractivity contribution in [2.24, 2.45) is 5.73 Å².